The second kappa shape index (κ2) is 5.81. The van der Waals surface area contributed by atoms with Crippen molar-refractivity contribution in [1.82, 2.24) is 5.32 Å². The van der Waals surface area contributed by atoms with E-state index in [-0.39, 0.29) is 11.8 Å². The van der Waals surface area contributed by atoms with E-state index in [4.69, 9.17) is 0 Å². The molecule has 19 heavy (non-hydrogen) atoms. The third kappa shape index (κ3) is 3.49. The maximum atomic E-state index is 11.5. The molecule has 0 amide bonds. The SMILES string of the molecule is CNCc1ccc(N(C)C2CCS(=O)(=O)C2)cc1Br. The zero-order valence-corrected chi connectivity index (χ0v) is 13.6. The Labute approximate surface area is 123 Å². The largest absolute Gasteiger partial charge is 0.371 e. The molecule has 0 spiro atoms. The normalized spacial score (nSPS) is 21.5. The third-order valence-electron chi connectivity index (χ3n) is 3.57. The fraction of sp³-hybridized carbons (Fsp3) is 0.538. The van der Waals surface area contributed by atoms with Crippen LogP contribution in [0, 0.1) is 0 Å². The Morgan fingerprint density at radius 3 is 2.74 bits per heavy atom. The second-order valence-electron chi connectivity index (χ2n) is 4.97. The van der Waals surface area contributed by atoms with Crippen LogP contribution in [-0.4, -0.2) is 40.1 Å². The number of sulfone groups is 1. The summed E-state index contributed by atoms with van der Waals surface area (Å²) in [6, 6.07) is 6.25. The molecule has 1 fully saturated rings. The van der Waals surface area contributed by atoms with E-state index in [1.54, 1.807) is 0 Å². The van der Waals surface area contributed by atoms with Crippen LogP contribution in [0.1, 0.15) is 12.0 Å². The second-order valence-corrected chi connectivity index (χ2v) is 8.06. The van der Waals surface area contributed by atoms with Crippen LogP contribution in [0.3, 0.4) is 0 Å². The highest BCUT2D eigenvalue weighted by molar-refractivity contribution is 9.10. The lowest BCUT2D eigenvalue weighted by atomic mass is 10.1. The molecule has 1 atom stereocenters. The van der Waals surface area contributed by atoms with Crippen molar-refractivity contribution in [3.05, 3.63) is 28.2 Å². The first-order valence-corrected chi connectivity index (χ1v) is 8.90. The van der Waals surface area contributed by atoms with Crippen molar-refractivity contribution in [3.8, 4) is 0 Å². The van der Waals surface area contributed by atoms with E-state index < -0.39 is 9.84 Å². The van der Waals surface area contributed by atoms with Crippen molar-refractivity contribution < 1.29 is 8.42 Å². The summed E-state index contributed by atoms with van der Waals surface area (Å²) >= 11 is 3.56. The molecule has 1 heterocycles. The van der Waals surface area contributed by atoms with E-state index in [1.165, 1.54) is 5.56 Å². The average molecular weight is 347 g/mol. The molecule has 0 aromatic heterocycles. The summed E-state index contributed by atoms with van der Waals surface area (Å²) in [4.78, 5) is 2.07. The zero-order chi connectivity index (χ0) is 14.0. The van der Waals surface area contributed by atoms with Crippen LogP contribution in [-0.2, 0) is 16.4 Å². The molecule has 4 nitrogen and oxygen atoms in total. The van der Waals surface area contributed by atoms with Crippen LogP contribution >= 0.6 is 15.9 Å². The Bertz CT molecular complexity index is 560. The molecule has 106 valence electrons. The van der Waals surface area contributed by atoms with Gasteiger partial charge in [0.1, 0.15) is 0 Å². The number of nitrogens with zero attached hydrogens (tertiary/aromatic N) is 1. The molecule has 6 heteroatoms. The average Bonchev–Trinajstić information content (AvgIpc) is 2.71. The van der Waals surface area contributed by atoms with Gasteiger partial charge in [0, 0.05) is 29.8 Å². The van der Waals surface area contributed by atoms with Crippen molar-refractivity contribution in [2.75, 3.05) is 30.5 Å². The number of nitrogens with one attached hydrogen (secondary N) is 1. The molecule has 0 saturated carbocycles. The number of hydrogen-bond acceptors (Lipinski definition) is 4. The van der Waals surface area contributed by atoms with Gasteiger partial charge in [-0.25, -0.2) is 8.42 Å². The van der Waals surface area contributed by atoms with Crippen molar-refractivity contribution in [3.63, 3.8) is 0 Å². The Balaban J connectivity index is 2.16. The van der Waals surface area contributed by atoms with Gasteiger partial charge in [0.2, 0.25) is 0 Å². The first-order chi connectivity index (χ1) is 8.93. The van der Waals surface area contributed by atoms with E-state index in [0.29, 0.717) is 12.2 Å². The molecule has 1 saturated heterocycles. The fourth-order valence-corrected chi connectivity index (χ4v) is 4.66. The number of rotatable bonds is 4. The molecule has 1 aliphatic heterocycles. The molecule has 2 rings (SSSR count). The Morgan fingerprint density at radius 2 is 2.21 bits per heavy atom. The van der Waals surface area contributed by atoms with Crippen molar-refractivity contribution in [2.24, 2.45) is 0 Å². The van der Waals surface area contributed by atoms with Crippen LogP contribution in [0.4, 0.5) is 5.69 Å². The molecule has 0 bridgehead atoms. The smallest absolute Gasteiger partial charge is 0.152 e. The summed E-state index contributed by atoms with van der Waals surface area (Å²) in [6.07, 6.45) is 0.717. The van der Waals surface area contributed by atoms with Crippen LogP contribution in [0.2, 0.25) is 0 Å². The molecule has 1 unspecified atom stereocenters. The van der Waals surface area contributed by atoms with Crippen LogP contribution < -0.4 is 10.2 Å². The molecule has 0 aliphatic carbocycles. The minimum absolute atomic E-state index is 0.0899. The number of hydrogen-bond donors (Lipinski definition) is 1. The van der Waals surface area contributed by atoms with Crippen molar-refractivity contribution in [1.29, 1.82) is 0 Å². The monoisotopic (exact) mass is 346 g/mol. The predicted molar refractivity (Wildman–Crippen MR) is 82.4 cm³/mol. The molecule has 1 aliphatic rings. The number of halogens is 1. The third-order valence-corrected chi connectivity index (χ3v) is 6.06. The van der Waals surface area contributed by atoms with Gasteiger partial charge < -0.3 is 10.2 Å². The van der Waals surface area contributed by atoms with Gasteiger partial charge in [0.15, 0.2) is 9.84 Å². The lowest BCUT2D eigenvalue weighted by molar-refractivity contribution is 0.601. The molecule has 1 aromatic carbocycles. The summed E-state index contributed by atoms with van der Waals surface area (Å²) < 4.78 is 24.1. The summed E-state index contributed by atoms with van der Waals surface area (Å²) in [7, 11) is 1.04. The van der Waals surface area contributed by atoms with Gasteiger partial charge in [-0.15, -0.1) is 0 Å². The summed E-state index contributed by atoms with van der Waals surface area (Å²) in [5.74, 6) is 0.570. The molecular weight excluding hydrogens is 328 g/mol. The Morgan fingerprint density at radius 1 is 1.47 bits per heavy atom. The quantitative estimate of drug-likeness (QED) is 0.902. The molecule has 1 N–H and O–H groups in total. The van der Waals surface area contributed by atoms with Gasteiger partial charge >= 0.3 is 0 Å². The van der Waals surface area contributed by atoms with E-state index >= 15 is 0 Å². The van der Waals surface area contributed by atoms with Crippen LogP contribution in [0.25, 0.3) is 0 Å². The summed E-state index contributed by atoms with van der Waals surface area (Å²) in [6.45, 7) is 0.808. The first kappa shape index (κ1) is 14.8. The zero-order valence-electron chi connectivity index (χ0n) is 11.2. The van der Waals surface area contributed by atoms with Gasteiger partial charge in [-0.1, -0.05) is 22.0 Å². The number of anilines is 1. The van der Waals surface area contributed by atoms with Gasteiger partial charge in [0.05, 0.1) is 11.5 Å². The summed E-state index contributed by atoms with van der Waals surface area (Å²) in [5.41, 5.74) is 2.24. The maximum Gasteiger partial charge on any atom is 0.152 e. The van der Waals surface area contributed by atoms with E-state index in [1.807, 2.05) is 20.2 Å². The van der Waals surface area contributed by atoms with Gasteiger partial charge in [-0.05, 0) is 31.2 Å². The van der Waals surface area contributed by atoms with Gasteiger partial charge in [-0.3, -0.25) is 0 Å². The lowest BCUT2D eigenvalue weighted by Gasteiger charge is -2.26. The Kier molecular flexibility index (Phi) is 4.53. The van der Waals surface area contributed by atoms with Crippen molar-refractivity contribution >= 4 is 31.5 Å². The highest BCUT2D eigenvalue weighted by Gasteiger charge is 2.30. The van der Waals surface area contributed by atoms with Gasteiger partial charge in [-0.2, -0.15) is 0 Å². The van der Waals surface area contributed by atoms with Crippen LogP contribution in [0.5, 0.6) is 0 Å². The lowest BCUT2D eigenvalue weighted by Crippen LogP contribution is -2.32. The molecular formula is C13H19BrN2O2S. The maximum absolute atomic E-state index is 11.5. The number of benzene rings is 1. The standard InChI is InChI=1S/C13H19BrN2O2S/c1-15-8-10-3-4-11(7-13(10)14)16(2)12-5-6-19(17,18)9-12/h3-4,7,12,15H,5-6,8-9H2,1-2H3. The minimum atomic E-state index is -2.84. The van der Waals surface area contributed by atoms with E-state index in [0.717, 1.165) is 16.7 Å². The van der Waals surface area contributed by atoms with E-state index in [9.17, 15) is 8.42 Å². The minimum Gasteiger partial charge on any atom is -0.371 e. The highest BCUT2D eigenvalue weighted by Crippen LogP contribution is 2.27. The predicted octanol–water partition coefficient (Wildman–Crippen LogP) is 1.79. The topological polar surface area (TPSA) is 49.4 Å². The van der Waals surface area contributed by atoms with Gasteiger partial charge in [0.25, 0.3) is 0 Å². The Hall–Kier alpha value is -0.590. The molecule has 1 aromatic rings. The van der Waals surface area contributed by atoms with E-state index in [2.05, 4.69) is 38.3 Å². The van der Waals surface area contributed by atoms with Crippen LogP contribution in [0.15, 0.2) is 22.7 Å². The first-order valence-electron chi connectivity index (χ1n) is 6.29. The highest BCUT2D eigenvalue weighted by atomic mass is 79.9. The summed E-state index contributed by atoms with van der Waals surface area (Å²) in [5, 5.41) is 3.12. The van der Waals surface area contributed by atoms with Crippen molar-refractivity contribution in [2.45, 2.75) is 19.0 Å². The molecule has 0 radical (unpaired) electrons. The fourth-order valence-electron chi connectivity index (χ4n) is 2.38.